The van der Waals surface area contributed by atoms with Crippen LogP contribution in [0.5, 0.6) is 5.75 Å². The molecule has 0 spiro atoms. The highest BCUT2D eigenvalue weighted by Crippen LogP contribution is 2.41. The summed E-state index contributed by atoms with van der Waals surface area (Å²) in [5.41, 5.74) is 4.70. The third-order valence-electron chi connectivity index (χ3n) is 6.37. The maximum atomic E-state index is 11.2. The quantitative estimate of drug-likeness (QED) is 0.659. The van der Waals surface area contributed by atoms with Crippen LogP contribution in [0, 0.1) is 12.8 Å². The van der Waals surface area contributed by atoms with Crippen molar-refractivity contribution in [2.24, 2.45) is 5.92 Å². The first-order valence-corrected chi connectivity index (χ1v) is 10.9. The van der Waals surface area contributed by atoms with Crippen molar-refractivity contribution in [3.8, 4) is 5.75 Å². The maximum absolute atomic E-state index is 11.2. The molecule has 2 aromatic rings. The van der Waals surface area contributed by atoms with Crippen molar-refractivity contribution in [2.75, 3.05) is 13.1 Å². The van der Waals surface area contributed by atoms with E-state index < -0.39 is 5.97 Å². The number of fused-ring (bicyclic) bond motifs is 1. The molecule has 1 N–H and O–H groups in total. The lowest BCUT2D eigenvalue weighted by Crippen LogP contribution is -2.38. The molecule has 1 saturated heterocycles. The van der Waals surface area contributed by atoms with E-state index in [1.165, 1.54) is 16.7 Å². The highest BCUT2D eigenvalue weighted by Gasteiger charge is 2.33. The molecule has 1 aliphatic carbocycles. The molecule has 1 unspecified atom stereocenters. The van der Waals surface area contributed by atoms with Crippen molar-refractivity contribution >= 4 is 29.2 Å². The van der Waals surface area contributed by atoms with Gasteiger partial charge in [0.2, 0.25) is 0 Å². The van der Waals surface area contributed by atoms with E-state index in [-0.39, 0.29) is 5.92 Å². The number of aliphatic carboxylic acids is 1. The normalized spacial score (nSPS) is 19.9. The lowest BCUT2D eigenvalue weighted by Gasteiger charge is -2.35. The molecule has 4 rings (SSSR count). The van der Waals surface area contributed by atoms with Gasteiger partial charge in [-0.25, -0.2) is 0 Å². The van der Waals surface area contributed by atoms with E-state index in [4.69, 9.17) is 27.9 Å². The Morgan fingerprint density at radius 3 is 2.48 bits per heavy atom. The van der Waals surface area contributed by atoms with Gasteiger partial charge in [-0.1, -0.05) is 35.3 Å². The molecule has 2 aromatic carbocycles. The molecule has 1 atom stereocenters. The van der Waals surface area contributed by atoms with Crippen LogP contribution in [0.2, 0.25) is 10.0 Å². The molecule has 1 fully saturated rings. The van der Waals surface area contributed by atoms with Crippen LogP contribution in [0.1, 0.15) is 47.6 Å². The molecule has 1 aliphatic heterocycles. The van der Waals surface area contributed by atoms with Gasteiger partial charge < -0.3 is 9.84 Å². The Kier molecular flexibility index (Phi) is 6.05. The Labute approximate surface area is 181 Å². The average Bonchev–Trinajstić information content (AvgIpc) is 3.14. The monoisotopic (exact) mass is 433 g/mol. The summed E-state index contributed by atoms with van der Waals surface area (Å²) in [4.78, 5) is 13.7. The molecule has 0 aromatic heterocycles. The van der Waals surface area contributed by atoms with Gasteiger partial charge >= 0.3 is 5.97 Å². The Morgan fingerprint density at radius 1 is 1.14 bits per heavy atom. The Hall–Kier alpha value is -1.75. The fraction of sp³-hybridized carbons (Fsp3) is 0.435. The topological polar surface area (TPSA) is 49.8 Å². The number of carbonyl (C=O) groups is 1. The predicted octanol–water partition coefficient (Wildman–Crippen LogP) is 5.66. The highest BCUT2D eigenvalue weighted by molar-refractivity contribution is 6.35. The Morgan fingerprint density at radius 2 is 1.83 bits per heavy atom. The van der Waals surface area contributed by atoms with Gasteiger partial charge in [-0.3, -0.25) is 9.69 Å². The van der Waals surface area contributed by atoms with Crippen molar-refractivity contribution in [3.05, 3.63) is 62.6 Å². The summed E-state index contributed by atoms with van der Waals surface area (Å²) in [6.45, 7) is 4.15. The minimum absolute atomic E-state index is 0.193. The maximum Gasteiger partial charge on any atom is 0.306 e. The second kappa shape index (κ2) is 8.55. The van der Waals surface area contributed by atoms with Crippen molar-refractivity contribution in [1.82, 2.24) is 4.90 Å². The standard InChI is InChI=1S/C23H25Cl2NO3/c1-14-16-5-7-21(26-11-9-15(10-12-26)23(27)28)17(16)6-8-22(14)29-13-18-19(24)3-2-4-20(18)25/h2-4,6,8,15,21H,5,7,9-13H2,1H3,(H,27,28). The van der Waals surface area contributed by atoms with Crippen LogP contribution < -0.4 is 4.74 Å². The zero-order valence-electron chi connectivity index (χ0n) is 16.5. The third kappa shape index (κ3) is 4.11. The number of hydrogen-bond donors (Lipinski definition) is 1. The van der Waals surface area contributed by atoms with E-state index in [1.807, 2.05) is 24.3 Å². The summed E-state index contributed by atoms with van der Waals surface area (Å²) in [6, 6.07) is 10.1. The molecule has 0 bridgehead atoms. The number of halogens is 2. The van der Waals surface area contributed by atoms with Gasteiger partial charge in [-0.15, -0.1) is 0 Å². The van der Waals surface area contributed by atoms with Gasteiger partial charge in [0.25, 0.3) is 0 Å². The van der Waals surface area contributed by atoms with Crippen molar-refractivity contribution in [3.63, 3.8) is 0 Å². The lowest BCUT2D eigenvalue weighted by molar-refractivity contribution is -0.143. The van der Waals surface area contributed by atoms with E-state index in [1.54, 1.807) is 0 Å². The SMILES string of the molecule is Cc1c(OCc2c(Cl)cccc2Cl)ccc2c1CCC2N1CCC(C(=O)O)CC1. The molecule has 1 heterocycles. The van der Waals surface area contributed by atoms with Gasteiger partial charge in [-0.2, -0.15) is 0 Å². The highest BCUT2D eigenvalue weighted by atomic mass is 35.5. The zero-order chi connectivity index (χ0) is 20.5. The van der Waals surface area contributed by atoms with Crippen LogP contribution in [0.4, 0.5) is 0 Å². The zero-order valence-corrected chi connectivity index (χ0v) is 18.0. The number of carboxylic acid groups (broad SMARTS) is 1. The van der Waals surface area contributed by atoms with Crippen molar-refractivity contribution in [2.45, 2.75) is 45.3 Å². The van der Waals surface area contributed by atoms with Crippen LogP contribution >= 0.6 is 23.2 Å². The van der Waals surface area contributed by atoms with Gasteiger partial charge in [0.05, 0.1) is 5.92 Å². The summed E-state index contributed by atoms with van der Waals surface area (Å²) in [5.74, 6) is 0.0129. The third-order valence-corrected chi connectivity index (χ3v) is 7.07. The van der Waals surface area contributed by atoms with E-state index in [9.17, 15) is 9.90 Å². The molecule has 154 valence electrons. The molecular weight excluding hydrogens is 409 g/mol. The molecular formula is C23H25Cl2NO3. The van der Waals surface area contributed by atoms with Crippen LogP contribution in [0.15, 0.2) is 30.3 Å². The van der Waals surface area contributed by atoms with Crippen LogP contribution in [0.25, 0.3) is 0 Å². The molecule has 6 heteroatoms. The Balaban J connectivity index is 1.47. The molecule has 29 heavy (non-hydrogen) atoms. The van der Waals surface area contributed by atoms with E-state index >= 15 is 0 Å². The summed E-state index contributed by atoms with van der Waals surface area (Å²) in [6.07, 6.45) is 3.57. The van der Waals surface area contributed by atoms with Crippen molar-refractivity contribution in [1.29, 1.82) is 0 Å². The lowest BCUT2D eigenvalue weighted by atomic mass is 9.94. The van der Waals surface area contributed by atoms with Gasteiger partial charge in [0, 0.05) is 21.7 Å². The number of benzene rings is 2. The van der Waals surface area contributed by atoms with Crippen molar-refractivity contribution < 1.29 is 14.6 Å². The fourth-order valence-corrected chi connectivity index (χ4v) is 5.16. The summed E-state index contributed by atoms with van der Waals surface area (Å²) < 4.78 is 6.08. The second-order valence-corrected chi connectivity index (χ2v) is 8.76. The van der Waals surface area contributed by atoms with Crippen LogP contribution in [-0.2, 0) is 17.8 Å². The fourth-order valence-electron chi connectivity index (χ4n) is 4.65. The van der Waals surface area contributed by atoms with Crippen LogP contribution in [0.3, 0.4) is 0 Å². The van der Waals surface area contributed by atoms with E-state index in [0.29, 0.717) is 22.7 Å². The van der Waals surface area contributed by atoms with Gasteiger partial charge in [0.15, 0.2) is 0 Å². The molecule has 4 nitrogen and oxygen atoms in total. The first kappa shape index (κ1) is 20.5. The Bertz CT molecular complexity index is 902. The number of piperidine rings is 1. The largest absolute Gasteiger partial charge is 0.489 e. The smallest absolute Gasteiger partial charge is 0.306 e. The minimum Gasteiger partial charge on any atom is -0.489 e. The predicted molar refractivity (Wildman–Crippen MR) is 115 cm³/mol. The van der Waals surface area contributed by atoms with Gasteiger partial charge in [-0.05, 0) is 80.6 Å². The number of rotatable bonds is 5. The van der Waals surface area contributed by atoms with Gasteiger partial charge in [0.1, 0.15) is 12.4 Å². The second-order valence-electron chi connectivity index (χ2n) is 7.95. The molecule has 2 aliphatic rings. The number of hydrogen-bond acceptors (Lipinski definition) is 3. The molecule has 0 radical (unpaired) electrons. The molecule has 0 saturated carbocycles. The summed E-state index contributed by atoms with van der Waals surface area (Å²) >= 11 is 12.5. The first-order valence-electron chi connectivity index (χ1n) is 10.1. The molecule has 0 amide bonds. The summed E-state index contributed by atoms with van der Waals surface area (Å²) in [7, 11) is 0. The first-order chi connectivity index (χ1) is 14.0. The minimum atomic E-state index is -0.660. The number of ether oxygens (including phenoxy) is 1. The average molecular weight is 434 g/mol. The summed E-state index contributed by atoms with van der Waals surface area (Å²) in [5, 5.41) is 10.5. The number of nitrogens with zero attached hydrogens (tertiary/aromatic N) is 1. The van der Waals surface area contributed by atoms with E-state index in [2.05, 4.69) is 17.9 Å². The van der Waals surface area contributed by atoms with Crippen LogP contribution in [-0.4, -0.2) is 29.1 Å². The number of carboxylic acids is 1. The van der Waals surface area contributed by atoms with E-state index in [0.717, 1.165) is 50.1 Å². The number of likely N-dealkylation sites (tertiary alicyclic amines) is 1.